The molecule has 2 aromatic heterocycles. The summed E-state index contributed by atoms with van der Waals surface area (Å²) >= 11 is 0.767. The molecular weight excluding hydrogens is 538 g/mol. The smallest absolute Gasteiger partial charge is 0.350 e. The van der Waals surface area contributed by atoms with Crippen molar-refractivity contribution >= 4 is 32.7 Å². The SMILES string of the molecule is CN(CCn1c(C(F)(F)F)nc2sc(N3CCC[C@@H]3C(=O)NCc3ccccc3)nc2c1=O)CC(F)(F)F. The van der Waals surface area contributed by atoms with Crippen LogP contribution in [0.2, 0.25) is 0 Å². The normalized spacial score (nSPS) is 16.5. The predicted molar refractivity (Wildman–Crippen MR) is 129 cm³/mol. The molecule has 1 fully saturated rings. The van der Waals surface area contributed by atoms with Gasteiger partial charge in [0.1, 0.15) is 6.04 Å². The van der Waals surface area contributed by atoms with Gasteiger partial charge in [-0.3, -0.25) is 19.1 Å². The van der Waals surface area contributed by atoms with E-state index in [0.717, 1.165) is 28.8 Å². The Kier molecular flexibility index (Phi) is 7.97. The van der Waals surface area contributed by atoms with Crippen LogP contribution in [-0.2, 0) is 24.1 Å². The van der Waals surface area contributed by atoms with Crippen LogP contribution >= 0.6 is 11.3 Å². The number of carbonyl (C=O) groups excluding carboxylic acids is 1. The number of nitrogens with zero attached hydrogens (tertiary/aromatic N) is 5. The maximum Gasteiger partial charge on any atom is 0.449 e. The second-order valence-electron chi connectivity index (χ2n) is 8.95. The Balaban J connectivity index is 1.59. The van der Waals surface area contributed by atoms with E-state index in [0.29, 0.717) is 30.5 Å². The van der Waals surface area contributed by atoms with Crippen molar-refractivity contribution in [3.63, 3.8) is 0 Å². The molecule has 0 unspecified atom stereocenters. The van der Waals surface area contributed by atoms with Crippen LogP contribution in [0.1, 0.15) is 24.2 Å². The van der Waals surface area contributed by atoms with Crippen molar-refractivity contribution in [2.75, 3.05) is 31.6 Å². The van der Waals surface area contributed by atoms with Gasteiger partial charge in [0, 0.05) is 26.2 Å². The van der Waals surface area contributed by atoms with Gasteiger partial charge < -0.3 is 10.2 Å². The van der Waals surface area contributed by atoms with Crippen LogP contribution in [0, 0.1) is 0 Å². The van der Waals surface area contributed by atoms with Gasteiger partial charge >= 0.3 is 12.4 Å². The lowest BCUT2D eigenvalue weighted by atomic mass is 10.2. The zero-order valence-corrected chi connectivity index (χ0v) is 21.0. The van der Waals surface area contributed by atoms with Crippen LogP contribution in [-0.4, -0.2) is 64.2 Å². The number of benzene rings is 1. The molecule has 0 radical (unpaired) electrons. The summed E-state index contributed by atoms with van der Waals surface area (Å²) in [5.41, 5.74) is -0.531. The summed E-state index contributed by atoms with van der Waals surface area (Å²) in [5, 5.41) is 3.03. The first kappa shape index (κ1) is 27.8. The molecule has 1 aliphatic rings. The zero-order chi connectivity index (χ0) is 27.7. The van der Waals surface area contributed by atoms with E-state index in [1.165, 1.54) is 0 Å². The summed E-state index contributed by atoms with van der Waals surface area (Å²) in [4.78, 5) is 35.9. The Morgan fingerprint density at radius 1 is 1.16 bits per heavy atom. The molecule has 0 aliphatic carbocycles. The summed E-state index contributed by atoms with van der Waals surface area (Å²) in [6.45, 7) is -1.77. The Bertz CT molecular complexity index is 1340. The van der Waals surface area contributed by atoms with Crippen LogP contribution in [0.15, 0.2) is 35.1 Å². The molecule has 1 saturated heterocycles. The third kappa shape index (κ3) is 6.43. The van der Waals surface area contributed by atoms with E-state index in [1.807, 2.05) is 30.3 Å². The lowest BCUT2D eigenvalue weighted by Crippen LogP contribution is -2.43. The molecule has 0 bridgehead atoms. The quantitative estimate of drug-likeness (QED) is 0.422. The molecule has 15 heteroatoms. The van der Waals surface area contributed by atoms with Crippen molar-refractivity contribution in [2.45, 2.75) is 44.3 Å². The van der Waals surface area contributed by atoms with Gasteiger partial charge in [-0.05, 0) is 25.5 Å². The van der Waals surface area contributed by atoms with Crippen molar-refractivity contribution in [1.29, 1.82) is 0 Å². The Hall–Kier alpha value is -3.20. The van der Waals surface area contributed by atoms with Gasteiger partial charge in [0.25, 0.3) is 5.56 Å². The van der Waals surface area contributed by atoms with E-state index in [-0.39, 0.29) is 21.4 Å². The van der Waals surface area contributed by atoms with Crippen LogP contribution in [0.5, 0.6) is 0 Å². The number of aromatic nitrogens is 3. The Morgan fingerprint density at radius 3 is 2.53 bits per heavy atom. The van der Waals surface area contributed by atoms with Crippen LogP contribution in [0.25, 0.3) is 10.3 Å². The van der Waals surface area contributed by atoms with E-state index in [2.05, 4.69) is 15.3 Å². The van der Waals surface area contributed by atoms with Crippen LogP contribution < -0.4 is 15.8 Å². The molecule has 1 aromatic carbocycles. The number of rotatable bonds is 8. The summed E-state index contributed by atoms with van der Waals surface area (Å²) in [6.07, 6.45) is -8.43. The summed E-state index contributed by atoms with van der Waals surface area (Å²) in [7, 11) is 1.09. The van der Waals surface area contributed by atoms with Gasteiger partial charge in [0.2, 0.25) is 11.7 Å². The predicted octanol–water partition coefficient (Wildman–Crippen LogP) is 3.65. The topological polar surface area (TPSA) is 83.4 Å². The molecular formula is C23H24F6N6O2S. The highest BCUT2D eigenvalue weighted by molar-refractivity contribution is 7.21. The molecule has 1 aliphatic heterocycles. The highest BCUT2D eigenvalue weighted by Gasteiger charge is 2.39. The number of anilines is 1. The molecule has 0 spiro atoms. The van der Waals surface area contributed by atoms with E-state index >= 15 is 0 Å². The maximum absolute atomic E-state index is 13.8. The molecule has 8 nitrogen and oxygen atoms in total. The number of hydrogen-bond donors (Lipinski definition) is 1. The van der Waals surface area contributed by atoms with E-state index < -0.39 is 49.4 Å². The summed E-state index contributed by atoms with van der Waals surface area (Å²) in [5.74, 6) is -1.79. The van der Waals surface area contributed by atoms with Gasteiger partial charge in [-0.1, -0.05) is 41.7 Å². The number of nitrogens with one attached hydrogen (secondary N) is 1. The first-order valence-corrected chi connectivity index (χ1v) is 12.5. The Labute approximate surface area is 216 Å². The number of amides is 1. The van der Waals surface area contributed by atoms with Gasteiger partial charge in [0.15, 0.2) is 15.5 Å². The molecule has 0 saturated carbocycles. The van der Waals surface area contributed by atoms with Crippen molar-refractivity contribution < 1.29 is 31.1 Å². The van der Waals surface area contributed by atoms with Crippen molar-refractivity contribution in [3.05, 3.63) is 52.1 Å². The second kappa shape index (κ2) is 10.9. The average Bonchev–Trinajstić information content (AvgIpc) is 3.48. The number of likely N-dealkylation sites (N-methyl/N-ethyl adjacent to an activating group) is 1. The minimum absolute atomic E-state index is 0.182. The molecule has 4 rings (SSSR count). The van der Waals surface area contributed by atoms with E-state index in [1.54, 1.807) is 4.90 Å². The average molecular weight is 563 g/mol. The minimum atomic E-state index is -5.02. The number of halogens is 6. The van der Waals surface area contributed by atoms with Crippen molar-refractivity contribution in [2.24, 2.45) is 0 Å². The van der Waals surface area contributed by atoms with Gasteiger partial charge in [-0.15, -0.1) is 0 Å². The number of thiazole rings is 1. The number of alkyl halides is 6. The van der Waals surface area contributed by atoms with E-state index in [4.69, 9.17) is 0 Å². The monoisotopic (exact) mass is 562 g/mol. The molecule has 38 heavy (non-hydrogen) atoms. The van der Waals surface area contributed by atoms with Gasteiger partial charge in [-0.2, -0.15) is 26.3 Å². The number of fused-ring (bicyclic) bond motifs is 1. The zero-order valence-electron chi connectivity index (χ0n) is 20.1. The maximum atomic E-state index is 13.8. The molecule has 1 amide bonds. The standard InChI is InChI=1S/C23H24F6N6O2S/c1-33(13-22(24,25)26)10-11-35-19(37)16-18(32-20(35)23(27,28)29)38-21(31-16)34-9-5-8-15(34)17(36)30-12-14-6-3-2-4-7-14/h2-4,6-7,15H,5,8-13H2,1H3,(H,30,36)/t15-/m1/s1. The first-order chi connectivity index (χ1) is 17.8. The van der Waals surface area contributed by atoms with Crippen molar-refractivity contribution in [3.8, 4) is 0 Å². The largest absolute Gasteiger partial charge is 0.449 e. The first-order valence-electron chi connectivity index (χ1n) is 11.7. The molecule has 1 atom stereocenters. The van der Waals surface area contributed by atoms with E-state index in [9.17, 15) is 35.9 Å². The summed E-state index contributed by atoms with van der Waals surface area (Å²) in [6, 6.07) is 8.62. The third-order valence-corrected chi connectivity index (χ3v) is 7.01. The fourth-order valence-electron chi connectivity index (χ4n) is 4.27. The molecule has 3 heterocycles. The highest BCUT2D eigenvalue weighted by atomic mass is 32.1. The van der Waals surface area contributed by atoms with Crippen LogP contribution in [0.4, 0.5) is 31.5 Å². The fourth-order valence-corrected chi connectivity index (χ4v) is 5.28. The fraction of sp³-hybridized carbons (Fsp3) is 0.478. The van der Waals surface area contributed by atoms with Gasteiger partial charge in [-0.25, -0.2) is 9.97 Å². The Morgan fingerprint density at radius 2 is 1.87 bits per heavy atom. The van der Waals surface area contributed by atoms with Gasteiger partial charge in [0.05, 0.1) is 6.54 Å². The summed E-state index contributed by atoms with van der Waals surface area (Å²) < 4.78 is 79.4. The minimum Gasteiger partial charge on any atom is -0.350 e. The second-order valence-corrected chi connectivity index (χ2v) is 9.90. The lowest BCUT2D eigenvalue weighted by Gasteiger charge is -2.23. The molecule has 1 N–H and O–H groups in total. The number of carbonyl (C=O) groups is 1. The van der Waals surface area contributed by atoms with Crippen LogP contribution in [0.3, 0.4) is 0 Å². The van der Waals surface area contributed by atoms with Crippen molar-refractivity contribution in [1.82, 2.24) is 24.8 Å². The third-order valence-electron chi connectivity index (χ3n) is 6.03. The highest BCUT2D eigenvalue weighted by Crippen LogP contribution is 2.34. The lowest BCUT2D eigenvalue weighted by molar-refractivity contribution is -0.150. The molecule has 206 valence electrons. The molecule has 3 aromatic rings. The number of hydrogen-bond acceptors (Lipinski definition) is 7.